The molecule has 0 heterocycles. The Morgan fingerprint density at radius 3 is 2.00 bits per heavy atom. The molecule has 0 aliphatic carbocycles. The van der Waals surface area contributed by atoms with Crippen molar-refractivity contribution < 1.29 is 39.3 Å². The number of hydrogen-bond donors (Lipinski definition) is 8. The van der Waals surface area contributed by atoms with E-state index in [0.717, 1.165) is 0 Å². The normalized spacial score (nSPS) is 13.9. The van der Waals surface area contributed by atoms with Crippen LogP contribution < -0.4 is 16.5 Å². The maximum Gasteiger partial charge on any atom is 0.328 e. The monoisotopic (exact) mass is 426 g/mol. The second kappa shape index (κ2) is 12.4. The van der Waals surface area contributed by atoms with E-state index in [1.165, 1.54) is 0 Å². The topological polar surface area (TPSA) is 199 Å². The lowest BCUT2D eigenvalue weighted by Gasteiger charge is -2.32. The van der Waals surface area contributed by atoms with Gasteiger partial charge < -0.3 is 26.4 Å². The minimum absolute atomic E-state index is 0.192. The Morgan fingerprint density at radius 1 is 1.00 bits per heavy atom. The maximum atomic E-state index is 12.4. The number of carbonyl (C=O) groups is 5. The fourth-order valence-electron chi connectivity index (χ4n) is 1.77. The van der Waals surface area contributed by atoms with E-state index < -0.39 is 60.8 Å². The number of aliphatic carboxylic acids is 3. The van der Waals surface area contributed by atoms with Gasteiger partial charge in [0, 0.05) is 17.9 Å². The molecule has 0 fully saturated rings. The molecule has 0 radical (unpaired) electrons. The number of hydrogen-bond acceptors (Lipinski definition) is 9. The van der Waals surface area contributed by atoms with Gasteiger partial charge in [-0.2, -0.15) is 25.3 Å². The minimum Gasteiger partial charge on any atom is -0.480 e. The van der Waals surface area contributed by atoms with Crippen LogP contribution in [0.3, 0.4) is 0 Å². The van der Waals surface area contributed by atoms with Crippen LogP contribution in [0.2, 0.25) is 0 Å². The molecule has 7 N–H and O–H groups in total. The Morgan fingerprint density at radius 2 is 1.59 bits per heavy atom. The first-order valence-electron chi connectivity index (χ1n) is 7.55. The van der Waals surface area contributed by atoms with Crippen molar-refractivity contribution in [3.05, 3.63) is 0 Å². The van der Waals surface area contributed by atoms with Crippen molar-refractivity contribution in [1.29, 1.82) is 0 Å². The first-order valence-corrected chi connectivity index (χ1v) is 8.82. The van der Waals surface area contributed by atoms with Crippen LogP contribution in [0.1, 0.15) is 12.8 Å². The molecule has 0 aliphatic heterocycles. The molecule has 27 heavy (non-hydrogen) atoms. The number of hydrazine groups is 1. The van der Waals surface area contributed by atoms with Crippen molar-refractivity contribution in [2.45, 2.75) is 31.0 Å². The van der Waals surface area contributed by atoms with Crippen molar-refractivity contribution >= 4 is 55.0 Å². The molecule has 154 valence electrons. The number of carboxylic acids is 3. The third kappa shape index (κ3) is 8.94. The maximum absolute atomic E-state index is 12.4. The molecule has 3 atom stereocenters. The van der Waals surface area contributed by atoms with Gasteiger partial charge in [0.1, 0.15) is 18.6 Å². The van der Waals surface area contributed by atoms with Crippen LogP contribution in [0.5, 0.6) is 0 Å². The van der Waals surface area contributed by atoms with Crippen molar-refractivity contribution in [2.24, 2.45) is 5.73 Å². The summed E-state index contributed by atoms with van der Waals surface area (Å²) < 4.78 is 0. The SMILES string of the molecule is N[C@@H](CCC(=O)N(N[C@@H](CS)C(=O)NCC(=O)O)[C@@H](CS)C(=O)O)C(=O)O. The number of nitrogens with two attached hydrogens (primary N) is 1. The van der Waals surface area contributed by atoms with Gasteiger partial charge in [-0.15, -0.1) is 0 Å². The third-order valence-electron chi connectivity index (χ3n) is 3.23. The van der Waals surface area contributed by atoms with Crippen molar-refractivity contribution in [1.82, 2.24) is 15.8 Å². The second-order valence-electron chi connectivity index (χ2n) is 5.26. The van der Waals surface area contributed by atoms with Crippen molar-refractivity contribution in [2.75, 3.05) is 18.1 Å². The average molecular weight is 426 g/mol. The fourth-order valence-corrected chi connectivity index (χ4v) is 2.33. The lowest BCUT2D eigenvalue weighted by molar-refractivity contribution is -0.154. The van der Waals surface area contributed by atoms with E-state index in [9.17, 15) is 29.1 Å². The average Bonchev–Trinajstić information content (AvgIpc) is 2.60. The Bertz CT molecular complexity index is 577. The van der Waals surface area contributed by atoms with Gasteiger partial charge in [-0.3, -0.25) is 24.2 Å². The number of amides is 2. The highest BCUT2D eigenvalue weighted by Crippen LogP contribution is 2.08. The standard InChI is InChI=1S/C13H22N4O8S2/c14-6(12(22)23)1-2-9(18)17(8(5-27)13(24)25)16-7(4-26)11(21)15-3-10(19)20/h6-8,16,26-27H,1-5,14H2,(H,15,21)(H,19,20)(H,22,23)(H,24,25)/t6-,7-,8-/m0/s1. The summed E-state index contributed by atoms with van der Waals surface area (Å²) in [5, 5.41) is 29.3. The second-order valence-corrected chi connectivity index (χ2v) is 5.99. The van der Waals surface area contributed by atoms with Gasteiger partial charge in [-0.25, -0.2) is 10.2 Å². The number of thiol groups is 2. The van der Waals surface area contributed by atoms with Gasteiger partial charge in [0.15, 0.2) is 6.04 Å². The largest absolute Gasteiger partial charge is 0.480 e. The van der Waals surface area contributed by atoms with Crippen LogP contribution in [0.25, 0.3) is 0 Å². The minimum atomic E-state index is -1.48. The van der Waals surface area contributed by atoms with E-state index in [1.54, 1.807) is 0 Å². The number of nitrogens with one attached hydrogen (secondary N) is 2. The Hall–Kier alpha value is -2.03. The highest BCUT2D eigenvalue weighted by atomic mass is 32.1. The van der Waals surface area contributed by atoms with Crippen LogP contribution in [0, 0.1) is 0 Å². The lowest BCUT2D eigenvalue weighted by Crippen LogP contribution is -2.61. The molecule has 0 saturated heterocycles. The summed E-state index contributed by atoms with van der Waals surface area (Å²) >= 11 is 7.80. The van der Waals surface area contributed by atoms with Crippen LogP contribution >= 0.6 is 25.3 Å². The van der Waals surface area contributed by atoms with Gasteiger partial charge in [0.05, 0.1) is 0 Å². The van der Waals surface area contributed by atoms with Gasteiger partial charge in [-0.05, 0) is 6.42 Å². The number of rotatable bonds is 13. The van der Waals surface area contributed by atoms with Gasteiger partial charge >= 0.3 is 17.9 Å². The predicted molar refractivity (Wildman–Crippen MR) is 98.4 cm³/mol. The predicted octanol–water partition coefficient (Wildman–Crippen LogP) is -2.61. The Balaban J connectivity index is 5.30. The van der Waals surface area contributed by atoms with Crippen LogP contribution in [-0.2, 0) is 24.0 Å². The van der Waals surface area contributed by atoms with Gasteiger partial charge in [0.25, 0.3) is 0 Å². The molecular formula is C13H22N4O8S2. The molecule has 0 rings (SSSR count). The van der Waals surface area contributed by atoms with Crippen molar-refractivity contribution in [3.63, 3.8) is 0 Å². The summed E-state index contributed by atoms with van der Waals surface area (Å²) in [6, 6.07) is -4.03. The molecule has 0 unspecified atom stereocenters. The molecule has 0 spiro atoms. The molecule has 0 aromatic heterocycles. The highest BCUT2D eigenvalue weighted by molar-refractivity contribution is 7.80. The molecule has 0 bridgehead atoms. The summed E-state index contributed by atoms with van der Waals surface area (Å²) in [4.78, 5) is 57.0. The highest BCUT2D eigenvalue weighted by Gasteiger charge is 2.32. The zero-order chi connectivity index (χ0) is 21.1. The van der Waals surface area contributed by atoms with Crippen molar-refractivity contribution in [3.8, 4) is 0 Å². The molecule has 0 saturated carbocycles. The van der Waals surface area contributed by atoms with E-state index in [1.807, 2.05) is 0 Å². The number of nitrogens with zero attached hydrogens (tertiary/aromatic N) is 1. The molecule has 14 heteroatoms. The molecule has 0 aromatic carbocycles. The zero-order valence-corrected chi connectivity index (χ0v) is 15.9. The van der Waals surface area contributed by atoms with Crippen LogP contribution in [0.4, 0.5) is 0 Å². The van der Waals surface area contributed by atoms with E-state index in [-0.39, 0.29) is 17.9 Å². The molecule has 2 amide bonds. The van der Waals surface area contributed by atoms with Crippen LogP contribution in [0.15, 0.2) is 0 Å². The first kappa shape index (κ1) is 25.0. The third-order valence-corrected chi connectivity index (χ3v) is 3.94. The van der Waals surface area contributed by atoms with Crippen LogP contribution in [-0.4, -0.2) is 86.2 Å². The summed E-state index contributed by atoms with van der Waals surface area (Å²) in [6.45, 7) is -0.679. The van der Waals surface area contributed by atoms with E-state index >= 15 is 0 Å². The summed E-state index contributed by atoms with van der Waals surface area (Å²) in [5.41, 5.74) is 7.72. The smallest absolute Gasteiger partial charge is 0.328 e. The van der Waals surface area contributed by atoms with E-state index in [0.29, 0.717) is 5.01 Å². The van der Waals surface area contributed by atoms with E-state index in [2.05, 4.69) is 36.0 Å². The zero-order valence-electron chi connectivity index (χ0n) is 14.1. The summed E-state index contributed by atoms with van der Waals surface area (Å²) in [5.74, 6) is -6.19. The lowest BCUT2D eigenvalue weighted by atomic mass is 10.1. The molecule has 12 nitrogen and oxygen atoms in total. The van der Waals surface area contributed by atoms with Gasteiger partial charge in [0.2, 0.25) is 11.8 Å². The summed E-state index contributed by atoms with van der Waals surface area (Å²) in [6.07, 6.45) is -0.671. The number of carboxylic acid groups (broad SMARTS) is 3. The Kier molecular flexibility index (Phi) is 11.4. The fraction of sp³-hybridized carbons (Fsp3) is 0.615. The molecular weight excluding hydrogens is 404 g/mol. The quantitative estimate of drug-likeness (QED) is 0.114. The first-order chi connectivity index (χ1) is 12.5. The van der Waals surface area contributed by atoms with E-state index in [4.69, 9.17) is 15.9 Å². The Labute approximate surface area is 165 Å². The molecule has 0 aromatic rings. The number of carbonyl (C=O) groups excluding carboxylic acids is 2. The summed E-state index contributed by atoms with van der Waals surface area (Å²) in [7, 11) is 0. The molecule has 0 aliphatic rings. The van der Waals surface area contributed by atoms with Gasteiger partial charge in [-0.1, -0.05) is 0 Å².